The van der Waals surface area contributed by atoms with E-state index in [0.717, 1.165) is 28.4 Å². The molecule has 39 heavy (non-hydrogen) atoms. The number of benzene rings is 3. The number of hydrogen-bond acceptors (Lipinski definition) is 5. The van der Waals surface area contributed by atoms with E-state index in [-0.39, 0.29) is 17.1 Å². The third-order valence-corrected chi connectivity index (χ3v) is 7.66. The lowest BCUT2D eigenvalue weighted by Gasteiger charge is -2.26. The van der Waals surface area contributed by atoms with Crippen LogP contribution in [0.2, 0.25) is 0 Å². The summed E-state index contributed by atoms with van der Waals surface area (Å²) in [6.07, 6.45) is 5.09. The first-order valence-corrected chi connectivity index (χ1v) is 14.2. The first kappa shape index (κ1) is 27.0. The van der Waals surface area contributed by atoms with E-state index in [1.807, 2.05) is 48.5 Å². The van der Waals surface area contributed by atoms with Crippen LogP contribution in [-0.2, 0) is 6.42 Å². The van der Waals surface area contributed by atoms with Gasteiger partial charge >= 0.3 is 0 Å². The van der Waals surface area contributed by atoms with Gasteiger partial charge in [0.1, 0.15) is 5.58 Å². The molecule has 1 aliphatic heterocycles. The van der Waals surface area contributed by atoms with Crippen LogP contribution in [0.1, 0.15) is 65.9 Å². The number of halogens is 1. The van der Waals surface area contributed by atoms with Gasteiger partial charge in [0.25, 0.3) is 5.91 Å². The Morgan fingerprint density at radius 1 is 0.949 bits per heavy atom. The van der Waals surface area contributed by atoms with E-state index in [0.29, 0.717) is 47.6 Å². The van der Waals surface area contributed by atoms with Gasteiger partial charge in [-0.3, -0.25) is 9.59 Å². The van der Waals surface area contributed by atoms with Crippen LogP contribution in [0.5, 0.6) is 11.5 Å². The highest BCUT2D eigenvalue weighted by Crippen LogP contribution is 2.41. The summed E-state index contributed by atoms with van der Waals surface area (Å²) in [5.74, 6) is 1.03. The fraction of sp³-hybridized carbons (Fsp3) is 0.312. The number of fused-ring (bicyclic) bond motifs is 2. The van der Waals surface area contributed by atoms with Crippen LogP contribution in [0.3, 0.4) is 0 Å². The molecule has 202 valence electrons. The number of methoxy groups -OCH3 is 1. The number of unbranched alkanes of at least 4 members (excludes halogenated alkanes) is 3. The summed E-state index contributed by atoms with van der Waals surface area (Å²) in [6.45, 7) is 3.21. The quantitative estimate of drug-likeness (QED) is 0.171. The van der Waals surface area contributed by atoms with Gasteiger partial charge in [-0.2, -0.15) is 0 Å². The molecular formula is C32H32BrNO5. The largest absolute Gasteiger partial charge is 0.493 e. The normalized spacial score (nSPS) is 14.6. The zero-order valence-corrected chi connectivity index (χ0v) is 23.8. The molecule has 1 aliphatic rings. The Morgan fingerprint density at radius 3 is 2.54 bits per heavy atom. The molecule has 0 N–H and O–H groups in total. The van der Waals surface area contributed by atoms with Crippen molar-refractivity contribution in [3.8, 4) is 11.5 Å². The molecule has 3 aromatic carbocycles. The van der Waals surface area contributed by atoms with E-state index >= 15 is 0 Å². The number of hydrogen-bond donors (Lipinski definition) is 0. The van der Waals surface area contributed by atoms with Crippen molar-refractivity contribution < 1.29 is 18.7 Å². The number of rotatable bonds is 11. The summed E-state index contributed by atoms with van der Waals surface area (Å²) in [5.41, 5.74) is 2.42. The molecule has 2 heterocycles. The molecule has 0 saturated carbocycles. The highest BCUT2D eigenvalue weighted by Gasteiger charge is 2.42. The van der Waals surface area contributed by atoms with Gasteiger partial charge in [0.15, 0.2) is 16.9 Å². The Hall–Kier alpha value is -3.58. The molecule has 0 spiro atoms. The zero-order valence-electron chi connectivity index (χ0n) is 22.2. The van der Waals surface area contributed by atoms with Gasteiger partial charge in [0.2, 0.25) is 5.76 Å². The molecule has 0 fully saturated rings. The molecule has 5 rings (SSSR count). The molecule has 0 saturated heterocycles. The molecule has 6 nitrogen and oxygen atoms in total. The SMILES string of the molecule is CCCCCCOc1ccc(C2c3c(oc4ccc(Br)cc4c3=O)C(=O)N2CCc2ccccc2)cc1OC. The average Bonchev–Trinajstić information content (AvgIpc) is 3.24. The Kier molecular flexibility index (Phi) is 8.36. The van der Waals surface area contributed by atoms with Crippen LogP contribution in [0.25, 0.3) is 11.0 Å². The van der Waals surface area contributed by atoms with Crippen LogP contribution in [0.15, 0.2) is 80.4 Å². The van der Waals surface area contributed by atoms with E-state index in [1.54, 1.807) is 30.2 Å². The lowest BCUT2D eigenvalue weighted by atomic mass is 9.97. The third-order valence-electron chi connectivity index (χ3n) is 7.17. The molecule has 0 aliphatic carbocycles. The summed E-state index contributed by atoms with van der Waals surface area (Å²) in [7, 11) is 1.60. The van der Waals surface area contributed by atoms with Crippen LogP contribution >= 0.6 is 15.9 Å². The molecular weight excluding hydrogens is 558 g/mol. The minimum Gasteiger partial charge on any atom is -0.493 e. The molecule has 0 radical (unpaired) electrons. The fourth-order valence-corrected chi connectivity index (χ4v) is 5.51. The minimum atomic E-state index is -0.608. The van der Waals surface area contributed by atoms with Crippen LogP contribution in [0.4, 0.5) is 0 Å². The van der Waals surface area contributed by atoms with E-state index < -0.39 is 6.04 Å². The predicted molar refractivity (Wildman–Crippen MR) is 156 cm³/mol. The summed E-state index contributed by atoms with van der Waals surface area (Å²) >= 11 is 3.45. The number of carbonyl (C=O) groups excluding carboxylic acids is 1. The zero-order chi connectivity index (χ0) is 27.4. The molecule has 1 atom stereocenters. The molecule has 7 heteroatoms. The van der Waals surface area contributed by atoms with Crippen molar-refractivity contribution in [1.29, 1.82) is 0 Å². The minimum absolute atomic E-state index is 0.100. The Bertz CT molecular complexity index is 1530. The van der Waals surface area contributed by atoms with Crippen LogP contribution in [0, 0.1) is 0 Å². The van der Waals surface area contributed by atoms with Gasteiger partial charge in [-0.25, -0.2) is 0 Å². The molecule has 1 aromatic heterocycles. The number of nitrogens with zero attached hydrogens (tertiary/aromatic N) is 1. The van der Waals surface area contributed by atoms with Crippen molar-refractivity contribution in [2.45, 2.75) is 45.1 Å². The van der Waals surface area contributed by atoms with E-state index in [4.69, 9.17) is 13.9 Å². The van der Waals surface area contributed by atoms with Crippen molar-refractivity contribution in [2.24, 2.45) is 0 Å². The first-order chi connectivity index (χ1) is 19.0. The lowest BCUT2D eigenvalue weighted by molar-refractivity contribution is 0.0730. The maximum atomic E-state index is 13.9. The predicted octanol–water partition coefficient (Wildman–Crippen LogP) is 7.31. The summed E-state index contributed by atoms with van der Waals surface area (Å²) in [6, 6.07) is 20.3. The Labute approximate surface area is 236 Å². The van der Waals surface area contributed by atoms with Gasteiger partial charge in [-0.15, -0.1) is 0 Å². The van der Waals surface area contributed by atoms with Crippen molar-refractivity contribution in [3.63, 3.8) is 0 Å². The summed E-state index contributed by atoms with van der Waals surface area (Å²) in [5, 5.41) is 0.435. The average molecular weight is 591 g/mol. The molecule has 4 aromatic rings. The molecule has 1 unspecified atom stereocenters. The number of amides is 1. The highest BCUT2D eigenvalue weighted by atomic mass is 79.9. The van der Waals surface area contributed by atoms with E-state index in [2.05, 4.69) is 22.9 Å². The van der Waals surface area contributed by atoms with Crippen molar-refractivity contribution in [1.82, 2.24) is 4.90 Å². The standard InChI is InChI=1S/C32H32BrNO5/c1-3-4-5-9-18-38-26-14-12-22(19-27(26)37-2)29-28-30(35)24-20-23(33)13-15-25(24)39-31(28)32(36)34(29)17-16-21-10-7-6-8-11-21/h6-8,10-15,19-20,29H,3-5,9,16-18H2,1-2H3. The number of ether oxygens (including phenoxy) is 2. The van der Waals surface area contributed by atoms with Gasteiger partial charge in [0, 0.05) is 11.0 Å². The van der Waals surface area contributed by atoms with Gasteiger partial charge in [0.05, 0.1) is 30.7 Å². The van der Waals surface area contributed by atoms with Crippen LogP contribution < -0.4 is 14.9 Å². The second-order valence-corrected chi connectivity index (χ2v) is 10.7. The smallest absolute Gasteiger partial charge is 0.290 e. The first-order valence-electron chi connectivity index (χ1n) is 13.4. The topological polar surface area (TPSA) is 69.0 Å². The second kappa shape index (κ2) is 12.1. The van der Waals surface area contributed by atoms with Crippen LogP contribution in [-0.4, -0.2) is 31.1 Å². The van der Waals surface area contributed by atoms with Gasteiger partial charge in [-0.1, -0.05) is 78.5 Å². The van der Waals surface area contributed by atoms with Crippen molar-refractivity contribution >= 4 is 32.8 Å². The van der Waals surface area contributed by atoms with Gasteiger partial charge < -0.3 is 18.8 Å². The van der Waals surface area contributed by atoms with Crippen molar-refractivity contribution in [3.05, 3.63) is 104 Å². The third kappa shape index (κ3) is 5.59. The lowest BCUT2D eigenvalue weighted by Crippen LogP contribution is -2.31. The second-order valence-electron chi connectivity index (χ2n) is 9.77. The Balaban J connectivity index is 1.54. The van der Waals surface area contributed by atoms with Crippen molar-refractivity contribution in [2.75, 3.05) is 20.3 Å². The summed E-state index contributed by atoms with van der Waals surface area (Å²) in [4.78, 5) is 29.3. The monoisotopic (exact) mass is 589 g/mol. The highest BCUT2D eigenvalue weighted by molar-refractivity contribution is 9.10. The fourth-order valence-electron chi connectivity index (χ4n) is 5.15. The summed E-state index contributed by atoms with van der Waals surface area (Å²) < 4.78 is 18.6. The maximum Gasteiger partial charge on any atom is 0.290 e. The Morgan fingerprint density at radius 2 is 1.77 bits per heavy atom. The molecule has 1 amide bonds. The number of carbonyl (C=O) groups is 1. The van der Waals surface area contributed by atoms with Gasteiger partial charge in [-0.05, 0) is 54.3 Å². The van der Waals surface area contributed by atoms with E-state index in [1.165, 1.54) is 12.8 Å². The van der Waals surface area contributed by atoms with E-state index in [9.17, 15) is 9.59 Å². The maximum absolute atomic E-state index is 13.9. The molecule has 0 bridgehead atoms.